The van der Waals surface area contributed by atoms with Gasteiger partial charge in [0.15, 0.2) is 0 Å². The Morgan fingerprint density at radius 3 is 2.42 bits per heavy atom. The van der Waals surface area contributed by atoms with E-state index in [0.29, 0.717) is 11.8 Å². The second-order valence-corrected chi connectivity index (χ2v) is 16.8. The Bertz CT molecular complexity index is 2810. The molecule has 2 heterocycles. The Labute approximate surface area is 318 Å². The van der Waals surface area contributed by atoms with Gasteiger partial charge in [0.2, 0.25) is 0 Å². The van der Waals surface area contributed by atoms with Gasteiger partial charge in [0, 0.05) is 47.2 Å². The van der Waals surface area contributed by atoms with E-state index in [-0.39, 0.29) is 11.5 Å². The first-order chi connectivity index (χ1) is 26.2. The molecule has 0 amide bonds. The fraction of sp³-hybridized carbons (Fsp3) is 0.120. The molecule has 3 aliphatic carbocycles. The van der Waals surface area contributed by atoms with Crippen molar-refractivity contribution in [2.45, 2.75) is 24.8 Å². The van der Waals surface area contributed by atoms with Crippen LogP contribution in [-0.2, 0) is 5.41 Å². The minimum atomic E-state index is -0.259. The molecule has 0 bridgehead atoms. The highest BCUT2D eigenvalue weighted by Gasteiger charge is 2.50. The van der Waals surface area contributed by atoms with Gasteiger partial charge in [0.05, 0.1) is 16.2 Å². The Morgan fingerprint density at radius 1 is 0.717 bits per heavy atom. The van der Waals surface area contributed by atoms with Crippen LogP contribution in [0.1, 0.15) is 46.5 Å². The first-order valence-electron chi connectivity index (χ1n) is 18.6. The van der Waals surface area contributed by atoms with E-state index in [9.17, 15) is 0 Å². The van der Waals surface area contributed by atoms with Crippen LogP contribution in [-0.4, -0.2) is 0 Å². The van der Waals surface area contributed by atoms with Crippen molar-refractivity contribution >= 4 is 64.7 Å². The van der Waals surface area contributed by atoms with Crippen LogP contribution in [0, 0.1) is 24.0 Å². The lowest BCUT2D eigenvalue weighted by Crippen LogP contribution is -2.35. The summed E-state index contributed by atoms with van der Waals surface area (Å²) < 4.78 is 3.97. The fourth-order valence-electron chi connectivity index (χ4n) is 9.46. The van der Waals surface area contributed by atoms with Gasteiger partial charge in [-0.15, -0.1) is 22.7 Å². The molecule has 0 radical (unpaired) electrons. The van der Waals surface area contributed by atoms with Crippen molar-refractivity contribution in [3.8, 4) is 22.3 Å². The predicted octanol–water partition coefficient (Wildman–Crippen LogP) is 13.8. The molecule has 3 heteroatoms. The molecule has 0 saturated heterocycles. The van der Waals surface area contributed by atoms with Crippen molar-refractivity contribution < 1.29 is 0 Å². The molecule has 0 fully saturated rings. The SMILES string of the molecule is CC1C=Cc2c(sc3c4c(ccc23)C(c2ccccc2)(C2C=CC=CC2)c2ccccc2-4)C1Nc1ccc(-c2c#ccc3c2sc2ccccc23)cc1. The summed E-state index contributed by atoms with van der Waals surface area (Å²) in [6, 6.07) is 51.9. The van der Waals surface area contributed by atoms with Gasteiger partial charge in [-0.1, -0.05) is 153 Å². The summed E-state index contributed by atoms with van der Waals surface area (Å²) in [4.78, 5) is 1.42. The number of rotatable bonds is 5. The summed E-state index contributed by atoms with van der Waals surface area (Å²) in [6.45, 7) is 2.34. The standard InChI is InChI=1S/C50H35NS2/c1-31-23-28-40-39-29-30-43-45(41-18-8-10-21-42(41)50(43,33-13-4-2-5-14-33)34-15-6-3-7-16-34)48(39)53-49(40)46(31)51-35-26-24-32(25-27-35)36-19-12-20-38-37-17-9-11-22-44(37)52-47(36)38/h2-11,13-15,17-18,20-31,34,46,51H,16H2,1H3. The van der Waals surface area contributed by atoms with Crippen LogP contribution in [0.2, 0.25) is 0 Å². The number of fused-ring (bicyclic) bond motifs is 10. The smallest absolute Gasteiger partial charge is 0.0673 e. The molecule has 3 aliphatic rings. The average Bonchev–Trinajstić information content (AvgIpc) is 3.88. The normalized spacial score (nSPS) is 21.1. The first-order valence-corrected chi connectivity index (χ1v) is 20.2. The van der Waals surface area contributed by atoms with E-state index in [2.05, 4.69) is 182 Å². The highest BCUT2D eigenvalue weighted by atomic mass is 32.1. The van der Waals surface area contributed by atoms with E-state index in [0.717, 1.165) is 17.7 Å². The summed E-state index contributed by atoms with van der Waals surface area (Å²) in [5.41, 5.74) is 11.5. The Hall–Kier alpha value is -5.66. The van der Waals surface area contributed by atoms with Crippen LogP contribution in [0.5, 0.6) is 0 Å². The number of anilines is 1. The summed E-state index contributed by atoms with van der Waals surface area (Å²) in [7, 11) is 0. The quantitative estimate of drug-likeness (QED) is 0.187. The third kappa shape index (κ3) is 4.50. The zero-order valence-electron chi connectivity index (χ0n) is 29.3. The van der Waals surface area contributed by atoms with Gasteiger partial charge in [0.25, 0.3) is 0 Å². The number of thiophene rings is 2. The van der Waals surface area contributed by atoms with Crippen LogP contribution < -0.4 is 5.32 Å². The van der Waals surface area contributed by atoms with Gasteiger partial charge >= 0.3 is 0 Å². The second-order valence-electron chi connectivity index (χ2n) is 14.7. The molecule has 8 aromatic rings. The molecule has 0 saturated carbocycles. The number of benzene rings is 5. The van der Waals surface area contributed by atoms with Crippen LogP contribution in [0.25, 0.3) is 58.6 Å². The molecular formula is C50H35NS2. The van der Waals surface area contributed by atoms with Crippen LogP contribution >= 0.6 is 22.7 Å². The molecule has 6 aromatic carbocycles. The van der Waals surface area contributed by atoms with Gasteiger partial charge in [-0.3, -0.25) is 0 Å². The van der Waals surface area contributed by atoms with Crippen LogP contribution in [0.15, 0.2) is 152 Å². The topological polar surface area (TPSA) is 12.0 Å². The van der Waals surface area contributed by atoms with Gasteiger partial charge in [-0.2, -0.15) is 0 Å². The van der Waals surface area contributed by atoms with Gasteiger partial charge in [0.1, 0.15) is 0 Å². The number of nitrogens with one attached hydrogen (secondary N) is 1. The summed E-state index contributed by atoms with van der Waals surface area (Å²) in [5.74, 6) is 0.663. The predicted molar refractivity (Wildman–Crippen MR) is 227 cm³/mol. The molecular weight excluding hydrogens is 679 g/mol. The van der Waals surface area contributed by atoms with E-state index in [1.807, 2.05) is 22.7 Å². The molecule has 1 nitrogen and oxygen atoms in total. The highest BCUT2D eigenvalue weighted by Crippen LogP contribution is 2.61. The van der Waals surface area contributed by atoms with E-state index in [1.165, 1.54) is 74.1 Å². The molecule has 252 valence electrons. The van der Waals surface area contributed by atoms with Crippen LogP contribution in [0.4, 0.5) is 5.69 Å². The third-order valence-corrected chi connectivity index (χ3v) is 14.4. The van der Waals surface area contributed by atoms with Crippen molar-refractivity contribution in [2.75, 3.05) is 5.32 Å². The fourth-order valence-corrected chi connectivity index (χ4v) is 12.2. The second kappa shape index (κ2) is 11.9. The summed E-state index contributed by atoms with van der Waals surface area (Å²) >= 11 is 3.83. The molecule has 0 spiro atoms. The zero-order valence-corrected chi connectivity index (χ0v) is 30.9. The lowest BCUT2D eigenvalue weighted by atomic mass is 9.62. The van der Waals surface area contributed by atoms with Crippen molar-refractivity contribution in [2.24, 2.45) is 11.8 Å². The maximum absolute atomic E-state index is 3.99. The molecule has 4 atom stereocenters. The molecule has 0 aliphatic heterocycles. The van der Waals surface area contributed by atoms with E-state index < -0.39 is 0 Å². The van der Waals surface area contributed by atoms with Crippen molar-refractivity contribution in [1.29, 1.82) is 0 Å². The van der Waals surface area contributed by atoms with Gasteiger partial charge in [-0.25, -0.2) is 0 Å². The number of hydrogen-bond donors (Lipinski definition) is 1. The Kier molecular flexibility index (Phi) is 6.96. The monoisotopic (exact) mass is 713 g/mol. The highest BCUT2D eigenvalue weighted by molar-refractivity contribution is 7.26. The van der Waals surface area contributed by atoms with E-state index in [4.69, 9.17) is 0 Å². The minimum absolute atomic E-state index is 0.168. The Morgan fingerprint density at radius 2 is 1.55 bits per heavy atom. The van der Waals surface area contributed by atoms with E-state index >= 15 is 0 Å². The first kappa shape index (κ1) is 30.9. The average molecular weight is 714 g/mol. The third-order valence-electron chi connectivity index (χ3n) is 11.9. The minimum Gasteiger partial charge on any atom is -0.377 e. The zero-order chi connectivity index (χ0) is 35.1. The maximum atomic E-state index is 3.99. The molecule has 11 rings (SSSR count). The van der Waals surface area contributed by atoms with Crippen molar-refractivity contribution in [3.63, 3.8) is 0 Å². The van der Waals surface area contributed by atoms with Gasteiger partial charge in [-0.05, 0) is 75.9 Å². The lowest BCUT2D eigenvalue weighted by molar-refractivity contribution is 0.457. The maximum Gasteiger partial charge on any atom is 0.0673 e. The Balaban J connectivity index is 1.01. The molecule has 1 N–H and O–H groups in total. The molecule has 4 unspecified atom stereocenters. The van der Waals surface area contributed by atoms with Gasteiger partial charge < -0.3 is 5.32 Å². The van der Waals surface area contributed by atoms with Crippen molar-refractivity contribution in [3.05, 3.63) is 191 Å². The van der Waals surface area contributed by atoms with Crippen molar-refractivity contribution in [1.82, 2.24) is 0 Å². The molecule has 2 aromatic heterocycles. The lowest BCUT2D eigenvalue weighted by Gasteiger charge is -2.39. The van der Waals surface area contributed by atoms with E-state index in [1.54, 1.807) is 0 Å². The number of allylic oxidation sites excluding steroid dienone is 4. The summed E-state index contributed by atoms with van der Waals surface area (Å²) in [5, 5.41) is 7.89. The number of hydrogen-bond acceptors (Lipinski definition) is 3. The largest absolute Gasteiger partial charge is 0.377 e. The summed E-state index contributed by atoms with van der Waals surface area (Å²) in [6.07, 6.45) is 15.0. The molecule has 53 heavy (non-hydrogen) atoms. The van der Waals surface area contributed by atoms with Crippen LogP contribution in [0.3, 0.4) is 0 Å².